The average Bonchev–Trinajstić information content (AvgIpc) is 2.88. The Morgan fingerprint density at radius 3 is 2.12 bits per heavy atom. The zero-order valence-corrected chi connectivity index (χ0v) is 19.8. The van der Waals surface area contributed by atoms with Crippen LogP contribution in [0.1, 0.15) is 29.2 Å². The van der Waals surface area contributed by atoms with Crippen molar-refractivity contribution in [3.8, 4) is 5.75 Å². The lowest BCUT2D eigenvalue weighted by atomic mass is 10.0. The maximum absolute atomic E-state index is 13.6. The summed E-state index contributed by atoms with van der Waals surface area (Å²) in [6.07, 6.45) is 0.903. The highest BCUT2D eigenvalue weighted by Gasteiger charge is 2.31. The molecule has 0 saturated carbocycles. The topological polar surface area (TPSA) is 67.9 Å². The molecule has 3 aromatic rings. The summed E-state index contributed by atoms with van der Waals surface area (Å²) in [6.45, 7) is 1.07. The third kappa shape index (κ3) is 7.18. The molecular weight excluding hydrogens is 428 g/mol. The maximum Gasteiger partial charge on any atom is 0.247 e. The van der Waals surface area contributed by atoms with Crippen molar-refractivity contribution in [1.29, 1.82) is 0 Å². The van der Waals surface area contributed by atoms with E-state index in [-0.39, 0.29) is 11.8 Å². The van der Waals surface area contributed by atoms with Gasteiger partial charge in [-0.05, 0) is 35.2 Å². The molecule has 0 unspecified atom stereocenters. The molecule has 0 radical (unpaired) electrons. The van der Waals surface area contributed by atoms with Crippen molar-refractivity contribution in [3.63, 3.8) is 0 Å². The van der Waals surface area contributed by atoms with E-state index in [4.69, 9.17) is 9.47 Å². The van der Waals surface area contributed by atoms with E-state index < -0.39 is 6.04 Å². The van der Waals surface area contributed by atoms with Crippen molar-refractivity contribution in [1.82, 2.24) is 10.2 Å². The highest BCUT2D eigenvalue weighted by atomic mass is 16.5. The molecule has 0 heterocycles. The molecule has 0 bridgehead atoms. The van der Waals surface area contributed by atoms with E-state index in [1.54, 1.807) is 19.1 Å². The predicted octanol–water partition coefficient (Wildman–Crippen LogP) is 4.16. The Morgan fingerprint density at radius 2 is 1.50 bits per heavy atom. The van der Waals surface area contributed by atoms with Crippen molar-refractivity contribution < 1.29 is 19.1 Å². The van der Waals surface area contributed by atoms with Crippen LogP contribution in [-0.2, 0) is 27.3 Å². The molecule has 0 spiro atoms. The number of hydrogen-bond donors (Lipinski definition) is 1. The third-order valence-electron chi connectivity index (χ3n) is 5.58. The molecule has 6 heteroatoms. The molecule has 178 valence electrons. The van der Waals surface area contributed by atoms with Gasteiger partial charge in [-0.1, -0.05) is 72.8 Å². The molecule has 34 heavy (non-hydrogen) atoms. The summed E-state index contributed by atoms with van der Waals surface area (Å²) >= 11 is 0. The molecule has 0 aromatic heterocycles. The summed E-state index contributed by atoms with van der Waals surface area (Å²) < 4.78 is 10.3. The van der Waals surface area contributed by atoms with Crippen molar-refractivity contribution in [3.05, 3.63) is 102 Å². The van der Waals surface area contributed by atoms with Crippen LogP contribution >= 0.6 is 0 Å². The number of methoxy groups -OCH3 is 2. The normalized spacial score (nSPS) is 11.5. The van der Waals surface area contributed by atoms with Crippen molar-refractivity contribution >= 4 is 11.8 Å². The summed E-state index contributed by atoms with van der Waals surface area (Å²) in [6, 6.07) is 26.1. The average molecular weight is 461 g/mol. The molecule has 0 saturated heterocycles. The lowest BCUT2D eigenvalue weighted by molar-refractivity contribution is -0.141. The van der Waals surface area contributed by atoms with Gasteiger partial charge in [-0.2, -0.15) is 0 Å². The first-order valence-electron chi connectivity index (χ1n) is 11.4. The largest absolute Gasteiger partial charge is 0.497 e. The van der Waals surface area contributed by atoms with E-state index in [1.807, 2.05) is 84.9 Å². The standard InChI is InChI=1S/C28H32N2O4/c1-33-20-19-29-28(32)27(24-11-7-4-8-12-24)30(21-23-13-16-25(34-2)17-14-23)26(31)18-15-22-9-5-3-6-10-22/h3-14,16-17,27H,15,18-21H2,1-2H3,(H,29,32)/t27-/m1/s1. The number of rotatable bonds is 12. The van der Waals surface area contributed by atoms with Crippen molar-refractivity contribution in [2.45, 2.75) is 25.4 Å². The van der Waals surface area contributed by atoms with E-state index in [1.165, 1.54) is 0 Å². The summed E-state index contributed by atoms with van der Waals surface area (Å²) in [4.78, 5) is 28.6. The Kier molecular flexibility index (Phi) is 9.67. The molecule has 3 rings (SSSR count). The predicted molar refractivity (Wildman–Crippen MR) is 132 cm³/mol. The monoisotopic (exact) mass is 460 g/mol. The fourth-order valence-corrected chi connectivity index (χ4v) is 3.77. The first kappa shape index (κ1) is 25.0. The van der Waals surface area contributed by atoms with Gasteiger partial charge in [-0.3, -0.25) is 9.59 Å². The van der Waals surface area contributed by atoms with Gasteiger partial charge in [0.25, 0.3) is 0 Å². The highest BCUT2D eigenvalue weighted by Crippen LogP contribution is 2.26. The van der Waals surface area contributed by atoms with Crippen LogP contribution < -0.4 is 10.1 Å². The zero-order chi connectivity index (χ0) is 24.2. The Bertz CT molecular complexity index is 1020. The SMILES string of the molecule is COCCNC(=O)[C@@H](c1ccccc1)N(Cc1ccc(OC)cc1)C(=O)CCc1ccccc1. The van der Waals surface area contributed by atoms with Crippen LogP contribution in [0.4, 0.5) is 0 Å². The molecule has 1 atom stereocenters. The zero-order valence-electron chi connectivity index (χ0n) is 19.8. The lowest BCUT2D eigenvalue weighted by Crippen LogP contribution is -2.44. The number of benzene rings is 3. The number of amides is 2. The van der Waals surface area contributed by atoms with Gasteiger partial charge in [0, 0.05) is 26.6 Å². The van der Waals surface area contributed by atoms with Crippen molar-refractivity contribution in [2.24, 2.45) is 0 Å². The van der Waals surface area contributed by atoms with Gasteiger partial charge in [-0.15, -0.1) is 0 Å². The van der Waals surface area contributed by atoms with Crippen LogP contribution in [0.15, 0.2) is 84.9 Å². The minimum atomic E-state index is -0.761. The van der Waals surface area contributed by atoms with E-state index >= 15 is 0 Å². The summed E-state index contributed by atoms with van der Waals surface area (Å²) in [7, 11) is 3.20. The first-order valence-corrected chi connectivity index (χ1v) is 11.4. The summed E-state index contributed by atoms with van der Waals surface area (Å²) in [5, 5.41) is 2.92. The van der Waals surface area contributed by atoms with Crippen LogP contribution in [-0.4, -0.2) is 44.1 Å². The van der Waals surface area contributed by atoms with Gasteiger partial charge in [0.2, 0.25) is 11.8 Å². The molecule has 0 aliphatic rings. The first-order chi connectivity index (χ1) is 16.6. The molecular formula is C28H32N2O4. The molecule has 0 aliphatic heterocycles. The van der Waals surface area contributed by atoms with Crippen LogP contribution in [0.25, 0.3) is 0 Å². The number of nitrogens with zero attached hydrogens (tertiary/aromatic N) is 1. The number of carbonyl (C=O) groups is 2. The van der Waals surface area contributed by atoms with E-state index in [0.29, 0.717) is 32.5 Å². The van der Waals surface area contributed by atoms with E-state index in [0.717, 1.165) is 22.4 Å². The molecule has 1 N–H and O–H groups in total. The lowest BCUT2D eigenvalue weighted by Gasteiger charge is -2.32. The van der Waals surface area contributed by atoms with Gasteiger partial charge in [-0.25, -0.2) is 0 Å². The fourth-order valence-electron chi connectivity index (χ4n) is 3.77. The number of aryl methyl sites for hydroxylation is 1. The number of hydrogen-bond acceptors (Lipinski definition) is 4. The minimum Gasteiger partial charge on any atom is -0.497 e. The number of nitrogens with one attached hydrogen (secondary N) is 1. The highest BCUT2D eigenvalue weighted by molar-refractivity contribution is 5.88. The Labute approximate surface area is 201 Å². The fraction of sp³-hybridized carbons (Fsp3) is 0.286. The Hall–Kier alpha value is -3.64. The third-order valence-corrected chi connectivity index (χ3v) is 5.58. The smallest absolute Gasteiger partial charge is 0.247 e. The Balaban J connectivity index is 1.90. The second-order valence-corrected chi connectivity index (χ2v) is 7.95. The van der Waals surface area contributed by atoms with Gasteiger partial charge in [0.1, 0.15) is 11.8 Å². The number of ether oxygens (including phenoxy) is 2. The van der Waals surface area contributed by atoms with Crippen molar-refractivity contribution in [2.75, 3.05) is 27.4 Å². The molecule has 0 aliphatic carbocycles. The second-order valence-electron chi connectivity index (χ2n) is 7.95. The summed E-state index contributed by atoms with van der Waals surface area (Å²) in [5.74, 6) is 0.419. The number of carbonyl (C=O) groups excluding carboxylic acids is 2. The van der Waals surface area contributed by atoms with Gasteiger partial charge < -0.3 is 19.7 Å². The van der Waals surface area contributed by atoms with Crippen LogP contribution in [0.2, 0.25) is 0 Å². The van der Waals surface area contributed by atoms with Crippen LogP contribution in [0, 0.1) is 0 Å². The molecule has 3 aromatic carbocycles. The molecule has 6 nitrogen and oxygen atoms in total. The minimum absolute atomic E-state index is 0.0876. The van der Waals surface area contributed by atoms with Gasteiger partial charge in [0.05, 0.1) is 13.7 Å². The quantitative estimate of drug-likeness (QED) is 0.412. The second kappa shape index (κ2) is 13.2. The summed E-state index contributed by atoms with van der Waals surface area (Å²) in [5.41, 5.74) is 2.76. The van der Waals surface area contributed by atoms with Gasteiger partial charge >= 0.3 is 0 Å². The molecule has 0 fully saturated rings. The van der Waals surface area contributed by atoms with E-state index in [2.05, 4.69) is 5.32 Å². The Morgan fingerprint density at radius 1 is 0.853 bits per heavy atom. The van der Waals surface area contributed by atoms with Gasteiger partial charge in [0.15, 0.2) is 0 Å². The molecule has 2 amide bonds. The van der Waals surface area contributed by atoms with Crippen LogP contribution in [0.3, 0.4) is 0 Å². The maximum atomic E-state index is 13.6. The van der Waals surface area contributed by atoms with E-state index in [9.17, 15) is 9.59 Å². The van der Waals surface area contributed by atoms with Crippen LogP contribution in [0.5, 0.6) is 5.75 Å².